The predicted molar refractivity (Wildman–Crippen MR) is 83.6 cm³/mol. The van der Waals surface area contributed by atoms with Gasteiger partial charge in [-0.1, -0.05) is 34.1 Å². The smallest absolute Gasteiger partial charge is 0.137 e. The summed E-state index contributed by atoms with van der Waals surface area (Å²) < 4.78 is 6.90. The van der Waals surface area contributed by atoms with Crippen LogP contribution in [0.1, 0.15) is 16.7 Å². The maximum absolute atomic E-state index is 5.81. The van der Waals surface area contributed by atoms with Gasteiger partial charge < -0.3 is 4.42 Å². The molecular weight excluding hydrogens is 300 g/mol. The fourth-order valence-electron chi connectivity index (χ4n) is 2.55. The fourth-order valence-corrected chi connectivity index (χ4v) is 2.82. The summed E-state index contributed by atoms with van der Waals surface area (Å²) in [6, 6.07) is 10.6. The molecule has 2 heteroatoms. The molecule has 0 spiro atoms. The standard InChI is InChI=1S/C17H15BrO/c1-10-8-11(2)16-15(9-19-17(16)12(10)3)13-4-6-14(18)7-5-13/h4-9H,1-3H3. The highest BCUT2D eigenvalue weighted by atomic mass is 79.9. The molecule has 3 aromatic rings. The van der Waals surface area contributed by atoms with Crippen LogP contribution in [0.2, 0.25) is 0 Å². The topological polar surface area (TPSA) is 13.1 Å². The van der Waals surface area contributed by atoms with Crippen molar-refractivity contribution in [3.05, 3.63) is 57.8 Å². The van der Waals surface area contributed by atoms with Crippen molar-refractivity contribution < 1.29 is 4.42 Å². The summed E-state index contributed by atoms with van der Waals surface area (Å²) in [5.74, 6) is 0. The Hall–Kier alpha value is -1.54. The molecule has 0 fully saturated rings. The van der Waals surface area contributed by atoms with Crippen molar-refractivity contribution in [3.63, 3.8) is 0 Å². The van der Waals surface area contributed by atoms with E-state index in [9.17, 15) is 0 Å². The highest BCUT2D eigenvalue weighted by Crippen LogP contribution is 2.36. The number of aryl methyl sites for hydroxylation is 3. The number of furan rings is 1. The van der Waals surface area contributed by atoms with E-state index in [0.29, 0.717) is 0 Å². The normalized spacial score (nSPS) is 11.2. The van der Waals surface area contributed by atoms with Gasteiger partial charge in [0.25, 0.3) is 0 Å². The molecule has 3 rings (SSSR count). The van der Waals surface area contributed by atoms with E-state index >= 15 is 0 Å². The largest absolute Gasteiger partial charge is 0.463 e. The van der Waals surface area contributed by atoms with E-state index < -0.39 is 0 Å². The van der Waals surface area contributed by atoms with Crippen LogP contribution in [-0.4, -0.2) is 0 Å². The third-order valence-corrected chi connectivity index (χ3v) is 4.23. The van der Waals surface area contributed by atoms with Crippen LogP contribution >= 0.6 is 15.9 Å². The van der Waals surface area contributed by atoms with Gasteiger partial charge in [0, 0.05) is 15.4 Å². The Kier molecular flexibility index (Phi) is 2.98. The highest BCUT2D eigenvalue weighted by molar-refractivity contribution is 9.10. The molecule has 1 aromatic heterocycles. The van der Waals surface area contributed by atoms with E-state index in [-0.39, 0.29) is 0 Å². The monoisotopic (exact) mass is 314 g/mol. The number of fused-ring (bicyclic) bond motifs is 1. The van der Waals surface area contributed by atoms with Crippen LogP contribution in [0.15, 0.2) is 45.5 Å². The third-order valence-electron chi connectivity index (χ3n) is 3.71. The lowest BCUT2D eigenvalue weighted by atomic mass is 9.97. The van der Waals surface area contributed by atoms with Crippen LogP contribution in [0.25, 0.3) is 22.1 Å². The summed E-state index contributed by atoms with van der Waals surface area (Å²) in [4.78, 5) is 0. The zero-order chi connectivity index (χ0) is 13.6. The molecule has 0 radical (unpaired) electrons. The lowest BCUT2D eigenvalue weighted by molar-refractivity contribution is 0.614. The average molecular weight is 315 g/mol. The van der Waals surface area contributed by atoms with Gasteiger partial charge in [-0.25, -0.2) is 0 Å². The maximum atomic E-state index is 5.81. The van der Waals surface area contributed by atoms with Gasteiger partial charge in [-0.2, -0.15) is 0 Å². The van der Waals surface area contributed by atoms with E-state index in [2.05, 4.69) is 67.0 Å². The number of rotatable bonds is 1. The SMILES string of the molecule is Cc1cc(C)c2c(-c3ccc(Br)cc3)coc2c1C. The molecule has 0 aliphatic rings. The van der Waals surface area contributed by atoms with Crippen LogP contribution < -0.4 is 0 Å². The van der Waals surface area contributed by atoms with Crippen molar-refractivity contribution in [3.8, 4) is 11.1 Å². The number of hydrogen-bond acceptors (Lipinski definition) is 1. The Morgan fingerprint density at radius 1 is 0.947 bits per heavy atom. The minimum absolute atomic E-state index is 1.01. The first-order chi connectivity index (χ1) is 9.08. The second-order valence-electron chi connectivity index (χ2n) is 5.00. The summed E-state index contributed by atoms with van der Waals surface area (Å²) >= 11 is 3.47. The molecular formula is C17H15BrO. The van der Waals surface area contributed by atoms with Crippen molar-refractivity contribution in [2.24, 2.45) is 0 Å². The Labute approximate surface area is 121 Å². The Bertz CT molecular complexity index is 751. The molecule has 0 bridgehead atoms. The van der Waals surface area contributed by atoms with E-state index in [4.69, 9.17) is 4.42 Å². The Morgan fingerprint density at radius 3 is 2.32 bits per heavy atom. The molecule has 19 heavy (non-hydrogen) atoms. The Morgan fingerprint density at radius 2 is 1.63 bits per heavy atom. The first-order valence-corrected chi connectivity index (χ1v) is 7.11. The van der Waals surface area contributed by atoms with Crippen molar-refractivity contribution in [2.75, 3.05) is 0 Å². The fraction of sp³-hybridized carbons (Fsp3) is 0.176. The van der Waals surface area contributed by atoms with Gasteiger partial charge in [0.2, 0.25) is 0 Å². The number of halogens is 1. The van der Waals surface area contributed by atoms with Crippen LogP contribution in [0.3, 0.4) is 0 Å². The Balaban J connectivity index is 2.31. The zero-order valence-corrected chi connectivity index (χ0v) is 12.8. The van der Waals surface area contributed by atoms with Crippen LogP contribution in [0, 0.1) is 20.8 Å². The molecule has 0 N–H and O–H groups in total. The van der Waals surface area contributed by atoms with E-state index in [1.165, 1.54) is 33.2 Å². The van der Waals surface area contributed by atoms with Crippen molar-refractivity contribution in [2.45, 2.75) is 20.8 Å². The lowest BCUT2D eigenvalue weighted by Gasteiger charge is -2.06. The molecule has 0 atom stereocenters. The van der Waals surface area contributed by atoms with E-state index in [1.807, 2.05) is 6.26 Å². The maximum Gasteiger partial charge on any atom is 0.137 e. The minimum atomic E-state index is 1.01. The predicted octanol–water partition coefficient (Wildman–Crippen LogP) is 5.79. The summed E-state index contributed by atoms with van der Waals surface area (Å²) in [7, 11) is 0. The molecule has 0 aliphatic heterocycles. The minimum Gasteiger partial charge on any atom is -0.463 e. The van der Waals surface area contributed by atoms with Gasteiger partial charge in [-0.15, -0.1) is 0 Å². The molecule has 0 saturated carbocycles. The van der Waals surface area contributed by atoms with E-state index in [1.54, 1.807) is 0 Å². The summed E-state index contributed by atoms with van der Waals surface area (Å²) in [5, 5.41) is 1.23. The molecule has 0 unspecified atom stereocenters. The van der Waals surface area contributed by atoms with Gasteiger partial charge in [-0.05, 0) is 55.2 Å². The molecule has 0 amide bonds. The molecule has 96 valence electrons. The molecule has 1 heterocycles. The second-order valence-corrected chi connectivity index (χ2v) is 5.91. The first kappa shape index (κ1) is 12.5. The van der Waals surface area contributed by atoms with E-state index in [0.717, 1.165) is 10.1 Å². The van der Waals surface area contributed by atoms with Gasteiger partial charge in [-0.3, -0.25) is 0 Å². The highest BCUT2D eigenvalue weighted by Gasteiger charge is 2.13. The van der Waals surface area contributed by atoms with Crippen molar-refractivity contribution in [1.82, 2.24) is 0 Å². The third kappa shape index (κ3) is 2.00. The van der Waals surface area contributed by atoms with Crippen LogP contribution in [-0.2, 0) is 0 Å². The van der Waals surface area contributed by atoms with Gasteiger partial charge in [0.1, 0.15) is 5.58 Å². The average Bonchev–Trinajstić information content (AvgIpc) is 2.82. The number of hydrogen-bond donors (Lipinski definition) is 0. The van der Waals surface area contributed by atoms with Crippen molar-refractivity contribution >= 4 is 26.9 Å². The first-order valence-electron chi connectivity index (χ1n) is 6.32. The second kappa shape index (κ2) is 4.53. The molecule has 2 aromatic carbocycles. The van der Waals surface area contributed by atoms with Gasteiger partial charge in [0.05, 0.1) is 6.26 Å². The van der Waals surface area contributed by atoms with Crippen LogP contribution in [0.4, 0.5) is 0 Å². The summed E-state index contributed by atoms with van der Waals surface area (Å²) in [5.41, 5.74) is 7.14. The van der Waals surface area contributed by atoms with Crippen LogP contribution in [0.5, 0.6) is 0 Å². The van der Waals surface area contributed by atoms with Gasteiger partial charge >= 0.3 is 0 Å². The molecule has 1 nitrogen and oxygen atoms in total. The summed E-state index contributed by atoms with van der Waals surface area (Å²) in [6.07, 6.45) is 1.87. The molecule has 0 aliphatic carbocycles. The zero-order valence-electron chi connectivity index (χ0n) is 11.3. The quantitative estimate of drug-likeness (QED) is 0.554. The van der Waals surface area contributed by atoms with Crippen molar-refractivity contribution in [1.29, 1.82) is 0 Å². The number of benzene rings is 2. The summed E-state index contributed by atoms with van der Waals surface area (Å²) in [6.45, 7) is 6.39. The molecule has 0 saturated heterocycles. The lowest BCUT2D eigenvalue weighted by Crippen LogP contribution is -1.86. The van der Waals surface area contributed by atoms with Gasteiger partial charge in [0.15, 0.2) is 0 Å².